The highest BCUT2D eigenvalue weighted by atomic mass is 28.4. The Kier molecular flexibility index (Phi) is 16.1. The Morgan fingerprint density at radius 3 is 1.58 bits per heavy atom. The highest BCUT2D eigenvalue weighted by Gasteiger charge is 2.52. The Bertz CT molecular complexity index is 3280. The molecule has 0 saturated carbocycles. The molecule has 8 aromatic rings. The van der Waals surface area contributed by atoms with Gasteiger partial charge in [0.25, 0.3) is 8.32 Å². The standard InChI is InChI=1S/C60H60O13Si/c1-60(2,3)74(43-26-18-12-19-27-43,44-28-20-13-21-29-44)73-48(46-31-40-33-50(58(62)69-9)72-59(63)51(40)56(67-7)54(46)71-37-39-24-16-11-17-25-39)34-42(61)30-41-32-45-47(64-4)35-49(65-5)55(66-6)52(45)57(68-8)53(41)70-36-38-22-14-10-15-23-38/h10-29,31-33,35,48H,30,34,36-37H2,1-9H3. The topological polar surface area (TPSA) is 147 Å². The summed E-state index contributed by atoms with van der Waals surface area (Å²) in [5.74, 6) is 0.631. The van der Waals surface area contributed by atoms with E-state index in [2.05, 4.69) is 45.0 Å². The van der Waals surface area contributed by atoms with Crippen LogP contribution in [0.15, 0.2) is 155 Å². The maximum atomic E-state index is 15.7. The average molecular weight is 1020 g/mol. The molecule has 1 unspecified atom stereocenters. The number of methoxy groups -OCH3 is 6. The predicted octanol–water partition coefficient (Wildman–Crippen LogP) is 10.8. The molecule has 0 amide bonds. The minimum Gasteiger partial charge on any atom is -0.496 e. The normalized spacial score (nSPS) is 12.0. The van der Waals surface area contributed by atoms with E-state index in [0.29, 0.717) is 50.6 Å². The second kappa shape index (κ2) is 22.8. The Labute approximate surface area is 431 Å². The van der Waals surface area contributed by atoms with Gasteiger partial charge in [0.2, 0.25) is 5.76 Å². The number of benzene rings is 7. The Balaban J connectivity index is 1.39. The first kappa shape index (κ1) is 52.3. The molecule has 0 fully saturated rings. The van der Waals surface area contributed by atoms with Gasteiger partial charge in [-0.2, -0.15) is 0 Å². The molecule has 74 heavy (non-hydrogen) atoms. The Hall–Kier alpha value is -8.07. The first-order chi connectivity index (χ1) is 35.8. The van der Waals surface area contributed by atoms with Crippen LogP contribution in [-0.4, -0.2) is 62.7 Å². The fraction of sp³-hybridized carbons (Fsp3) is 0.250. The molecule has 0 aliphatic heterocycles. The quantitative estimate of drug-likeness (QED) is 0.0497. The summed E-state index contributed by atoms with van der Waals surface area (Å²) in [5.41, 5.74) is 1.75. The minimum absolute atomic E-state index is 0.0203. The van der Waals surface area contributed by atoms with Crippen LogP contribution < -0.4 is 49.2 Å². The smallest absolute Gasteiger partial charge is 0.374 e. The number of ketones is 1. The minimum atomic E-state index is -3.54. The van der Waals surface area contributed by atoms with Gasteiger partial charge < -0.3 is 46.7 Å². The largest absolute Gasteiger partial charge is 0.496 e. The van der Waals surface area contributed by atoms with Crippen LogP contribution >= 0.6 is 0 Å². The average Bonchev–Trinajstić information content (AvgIpc) is 3.42. The molecule has 0 aliphatic rings. The SMILES string of the molecule is COC(=O)c1cc2cc(C(CC(=O)Cc3cc4c(OC)cc(OC)c(OC)c4c(OC)c3OCc3ccccc3)O[Si](c3ccccc3)(c3ccccc3)C(C)(C)C)c(OCc3ccccc3)c(OC)c2c(=O)o1. The summed E-state index contributed by atoms with van der Waals surface area (Å²) >= 11 is 0. The molecule has 0 bridgehead atoms. The van der Waals surface area contributed by atoms with Crippen molar-refractivity contribution in [1.29, 1.82) is 0 Å². The zero-order chi connectivity index (χ0) is 52.6. The lowest BCUT2D eigenvalue weighted by Crippen LogP contribution is -2.67. The van der Waals surface area contributed by atoms with E-state index in [1.807, 2.05) is 103 Å². The van der Waals surface area contributed by atoms with Gasteiger partial charge in [0.1, 0.15) is 30.1 Å². The molecule has 1 atom stereocenters. The molecule has 14 heteroatoms. The van der Waals surface area contributed by atoms with Crippen molar-refractivity contribution in [2.45, 2.75) is 58.0 Å². The molecular formula is C60H60O13Si. The van der Waals surface area contributed by atoms with Crippen molar-refractivity contribution < 1.29 is 56.3 Å². The fourth-order valence-electron chi connectivity index (χ4n) is 9.69. The van der Waals surface area contributed by atoms with Gasteiger partial charge >= 0.3 is 11.6 Å². The van der Waals surface area contributed by atoms with Gasteiger partial charge in [-0.3, -0.25) is 4.79 Å². The third-order valence-corrected chi connectivity index (χ3v) is 18.1. The molecule has 1 heterocycles. The van der Waals surface area contributed by atoms with Crippen molar-refractivity contribution in [3.05, 3.63) is 184 Å². The molecule has 1 aromatic heterocycles. The monoisotopic (exact) mass is 1020 g/mol. The summed E-state index contributed by atoms with van der Waals surface area (Å²) in [6.07, 6.45) is -1.50. The molecule has 8 rings (SSSR count). The highest BCUT2D eigenvalue weighted by molar-refractivity contribution is 6.99. The second-order valence-corrected chi connectivity index (χ2v) is 22.8. The molecule has 7 aromatic carbocycles. The van der Waals surface area contributed by atoms with E-state index in [-0.39, 0.29) is 59.9 Å². The van der Waals surface area contributed by atoms with Gasteiger partial charge in [-0.05, 0) is 50.1 Å². The molecule has 0 saturated heterocycles. The lowest BCUT2D eigenvalue weighted by Gasteiger charge is -2.45. The molecule has 13 nitrogen and oxygen atoms in total. The summed E-state index contributed by atoms with van der Waals surface area (Å²) in [7, 11) is 5.25. The maximum Gasteiger partial charge on any atom is 0.374 e. The van der Waals surface area contributed by atoms with E-state index in [1.54, 1.807) is 26.4 Å². The van der Waals surface area contributed by atoms with Gasteiger partial charge in [-0.25, -0.2) is 9.59 Å². The Morgan fingerprint density at radius 1 is 0.568 bits per heavy atom. The molecule has 0 aliphatic carbocycles. The lowest BCUT2D eigenvalue weighted by atomic mass is 9.94. The summed E-state index contributed by atoms with van der Waals surface area (Å²) in [6, 6.07) is 46.1. The van der Waals surface area contributed by atoms with Crippen molar-refractivity contribution in [3.8, 4) is 40.2 Å². The van der Waals surface area contributed by atoms with E-state index in [1.165, 1.54) is 34.5 Å². The van der Waals surface area contributed by atoms with E-state index < -0.39 is 31.1 Å². The number of Topliss-reactive ketones (excluding diaryl/α,β-unsaturated/α-hetero) is 1. The van der Waals surface area contributed by atoms with Crippen molar-refractivity contribution in [3.63, 3.8) is 0 Å². The van der Waals surface area contributed by atoms with Crippen LogP contribution in [0.1, 0.15) is 66.1 Å². The first-order valence-electron chi connectivity index (χ1n) is 24.0. The van der Waals surface area contributed by atoms with Crippen LogP contribution in [-0.2, 0) is 33.6 Å². The Morgan fingerprint density at radius 2 is 1.08 bits per heavy atom. The number of hydrogen-bond donors (Lipinski definition) is 0. The van der Waals surface area contributed by atoms with Crippen LogP contribution in [0.2, 0.25) is 5.04 Å². The van der Waals surface area contributed by atoms with Crippen LogP contribution in [0.25, 0.3) is 21.5 Å². The molecule has 382 valence electrons. The zero-order valence-electron chi connectivity index (χ0n) is 43.1. The summed E-state index contributed by atoms with van der Waals surface area (Å²) in [4.78, 5) is 42.7. The molecular weight excluding hydrogens is 957 g/mol. The first-order valence-corrected chi connectivity index (χ1v) is 25.9. The van der Waals surface area contributed by atoms with Crippen molar-refractivity contribution >= 4 is 52.0 Å². The summed E-state index contributed by atoms with van der Waals surface area (Å²) in [5, 5.41) is 2.76. The van der Waals surface area contributed by atoms with E-state index in [0.717, 1.165) is 21.5 Å². The van der Waals surface area contributed by atoms with Gasteiger partial charge in [0.15, 0.2) is 34.5 Å². The van der Waals surface area contributed by atoms with Gasteiger partial charge in [-0.15, -0.1) is 0 Å². The van der Waals surface area contributed by atoms with E-state index in [4.69, 9.17) is 46.7 Å². The van der Waals surface area contributed by atoms with E-state index in [9.17, 15) is 9.59 Å². The number of rotatable bonds is 21. The predicted molar refractivity (Wildman–Crippen MR) is 287 cm³/mol. The number of carbonyl (C=O) groups excluding carboxylic acids is 2. The number of esters is 1. The third-order valence-electron chi connectivity index (χ3n) is 13.1. The van der Waals surface area contributed by atoms with Crippen LogP contribution in [0.5, 0.6) is 40.2 Å². The third kappa shape index (κ3) is 10.4. The number of carbonyl (C=O) groups is 2. The lowest BCUT2D eigenvalue weighted by molar-refractivity contribution is -0.120. The summed E-state index contributed by atoms with van der Waals surface area (Å²) < 4.78 is 62.0. The van der Waals surface area contributed by atoms with Crippen molar-refractivity contribution in [2.24, 2.45) is 0 Å². The van der Waals surface area contributed by atoms with Crippen molar-refractivity contribution in [1.82, 2.24) is 0 Å². The van der Waals surface area contributed by atoms with Gasteiger partial charge in [0.05, 0.1) is 54.1 Å². The second-order valence-electron chi connectivity index (χ2n) is 18.6. The zero-order valence-corrected chi connectivity index (χ0v) is 44.1. The van der Waals surface area contributed by atoms with E-state index >= 15 is 4.79 Å². The highest BCUT2D eigenvalue weighted by Crippen LogP contribution is 2.52. The maximum absolute atomic E-state index is 15.7. The van der Waals surface area contributed by atoms with Crippen LogP contribution in [0, 0.1) is 0 Å². The molecule has 0 spiro atoms. The number of hydrogen-bond acceptors (Lipinski definition) is 13. The fourth-order valence-corrected chi connectivity index (χ4v) is 14.3. The van der Waals surface area contributed by atoms with Gasteiger partial charge in [0, 0.05) is 35.4 Å². The van der Waals surface area contributed by atoms with Crippen molar-refractivity contribution in [2.75, 3.05) is 42.7 Å². The summed E-state index contributed by atoms with van der Waals surface area (Å²) in [6.45, 7) is 6.64. The number of fused-ring (bicyclic) bond motifs is 2. The van der Waals surface area contributed by atoms with Crippen LogP contribution in [0.4, 0.5) is 0 Å². The number of ether oxygens (including phenoxy) is 8. The van der Waals surface area contributed by atoms with Crippen LogP contribution in [0.3, 0.4) is 0 Å². The molecule has 0 radical (unpaired) electrons. The van der Waals surface area contributed by atoms with Gasteiger partial charge in [-0.1, -0.05) is 142 Å². The molecule has 0 N–H and O–H groups in total.